The van der Waals surface area contributed by atoms with Crippen LogP contribution in [0.1, 0.15) is 64.3 Å². The molecule has 0 spiro atoms. The predicted octanol–water partition coefficient (Wildman–Crippen LogP) is 6.22. The fraction of sp³-hybridized carbons (Fsp3) is 0.519. The average Bonchev–Trinajstić information content (AvgIpc) is 2.73. The van der Waals surface area contributed by atoms with E-state index < -0.39 is 22.5 Å². The Morgan fingerprint density at radius 1 is 1.26 bits per heavy atom. The minimum atomic E-state index is -2.66. The van der Waals surface area contributed by atoms with E-state index in [-0.39, 0.29) is 30.3 Å². The summed E-state index contributed by atoms with van der Waals surface area (Å²) in [5, 5.41) is 10.0. The first-order valence-electron chi connectivity index (χ1n) is 12.1. The summed E-state index contributed by atoms with van der Waals surface area (Å²) in [6.07, 6.45) is 3.40. The van der Waals surface area contributed by atoms with Crippen LogP contribution in [0.3, 0.4) is 0 Å². The lowest BCUT2D eigenvalue weighted by molar-refractivity contribution is -0.0652. The van der Waals surface area contributed by atoms with Gasteiger partial charge in [-0.15, -0.1) is 0 Å². The van der Waals surface area contributed by atoms with Gasteiger partial charge in [-0.3, -0.25) is 5.14 Å². The number of nitrogens with two attached hydrogens (primary N) is 1. The van der Waals surface area contributed by atoms with Crippen LogP contribution < -0.4 is 15.4 Å². The molecule has 2 aliphatic rings. The van der Waals surface area contributed by atoms with Crippen LogP contribution in [0.15, 0.2) is 36.0 Å². The number of hydrogen-bond acceptors (Lipinski definition) is 5. The van der Waals surface area contributed by atoms with Gasteiger partial charge in [0.2, 0.25) is 0 Å². The minimum Gasteiger partial charge on any atom is -0.355 e. The van der Waals surface area contributed by atoms with Gasteiger partial charge in [-0.05, 0) is 47.4 Å². The molecule has 0 aromatic carbocycles. The van der Waals surface area contributed by atoms with Crippen LogP contribution in [0.4, 0.5) is 20.3 Å². The Morgan fingerprint density at radius 2 is 1.97 bits per heavy atom. The van der Waals surface area contributed by atoms with Crippen molar-refractivity contribution in [2.75, 3.05) is 23.3 Å². The molecule has 2 unspecified atom stereocenters. The summed E-state index contributed by atoms with van der Waals surface area (Å²) in [5.41, 5.74) is 4.61. The molecule has 5 nitrogen and oxygen atoms in total. The summed E-state index contributed by atoms with van der Waals surface area (Å²) in [6.45, 7) is 15.5. The molecule has 1 aliphatic carbocycles. The number of anilines is 2. The molecule has 1 fully saturated rings. The van der Waals surface area contributed by atoms with Gasteiger partial charge in [0.25, 0.3) is 5.92 Å². The first-order valence-corrected chi connectivity index (χ1v) is 13.5. The fourth-order valence-electron chi connectivity index (χ4n) is 5.68. The van der Waals surface area contributed by atoms with Gasteiger partial charge in [-0.25, -0.2) is 18.7 Å². The number of pyridine rings is 2. The fourth-order valence-corrected chi connectivity index (χ4v) is 6.16. The van der Waals surface area contributed by atoms with Gasteiger partial charge < -0.3 is 10.2 Å². The number of nitrogens with zero attached hydrogens (tertiary/aromatic N) is 3. The largest absolute Gasteiger partial charge is 0.355 e. The number of rotatable bonds is 5. The third-order valence-electron chi connectivity index (χ3n) is 7.23. The Balaban J connectivity index is 1.78. The maximum Gasteiger partial charge on any atom is 0.254 e. The van der Waals surface area contributed by atoms with E-state index in [0.29, 0.717) is 10.7 Å². The molecule has 4 rings (SSSR count). The molecule has 0 amide bonds. The van der Waals surface area contributed by atoms with Crippen molar-refractivity contribution in [3.8, 4) is 0 Å². The topological polar surface area (TPSA) is 67.1 Å². The molecule has 8 heteroatoms. The molecular weight excluding hydrogens is 464 g/mol. The minimum absolute atomic E-state index is 0.0640. The molecule has 2 aromatic heterocycles. The summed E-state index contributed by atoms with van der Waals surface area (Å²) in [5.74, 6) is 1.18. The zero-order valence-electron chi connectivity index (χ0n) is 21.4. The zero-order chi connectivity index (χ0) is 25.8. The van der Waals surface area contributed by atoms with Crippen molar-refractivity contribution < 1.29 is 8.78 Å². The number of fused-ring (bicyclic) bond motifs is 1. The molecular formula is C27H37F2N5S. The smallest absolute Gasteiger partial charge is 0.254 e. The zero-order valence-corrected chi connectivity index (χ0v) is 22.2. The second-order valence-corrected chi connectivity index (χ2v) is 12.8. The molecule has 0 saturated carbocycles. The Labute approximate surface area is 210 Å². The van der Waals surface area contributed by atoms with E-state index >= 15 is 0 Å². The molecule has 1 saturated heterocycles. The Bertz CT molecular complexity index is 1170. The van der Waals surface area contributed by atoms with E-state index in [0.717, 1.165) is 35.6 Å². The van der Waals surface area contributed by atoms with E-state index in [1.165, 1.54) is 5.56 Å². The summed E-state index contributed by atoms with van der Waals surface area (Å²) in [6, 6.07) is 5.89. The number of alkyl halides is 2. The lowest BCUT2D eigenvalue weighted by Gasteiger charge is -2.43. The number of hydrogen-bond donors (Lipinski definition) is 2. The van der Waals surface area contributed by atoms with Crippen LogP contribution in [-0.4, -0.2) is 34.9 Å². The van der Waals surface area contributed by atoms with Crippen molar-refractivity contribution in [1.82, 2.24) is 9.97 Å². The Hall–Kier alpha value is -2.32. The number of halogens is 2. The van der Waals surface area contributed by atoms with Crippen molar-refractivity contribution >= 4 is 33.7 Å². The van der Waals surface area contributed by atoms with Crippen molar-refractivity contribution in [1.29, 1.82) is 0 Å². The van der Waals surface area contributed by atoms with Crippen LogP contribution in [0.5, 0.6) is 0 Å². The number of piperidine rings is 1. The normalized spacial score (nSPS) is 23.3. The molecule has 2 aromatic rings. The average molecular weight is 502 g/mol. The quantitative estimate of drug-likeness (QED) is 0.476. The molecule has 190 valence electrons. The Kier molecular flexibility index (Phi) is 6.60. The van der Waals surface area contributed by atoms with Crippen molar-refractivity contribution in [2.24, 2.45) is 16.5 Å². The first kappa shape index (κ1) is 25.8. The molecule has 3 N–H and O–H groups in total. The number of aromatic nitrogens is 2. The standard InChI is InChI=1S/C27H37F2N5S/c1-17-15-34(11-9-27(17,28)29)24-20(18(2)32-19-8-10-31-23(12-19)35(7)30)13-21-22(33-24)14-25(3,4)16-26(21,5)6/h8,10,12-13,17H,2,7,9,11,14-16,30H2,1,3-6H3,(H,31,32). The van der Waals surface area contributed by atoms with E-state index in [1.807, 2.05) is 17.0 Å². The van der Waals surface area contributed by atoms with Crippen LogP contribution in [0, 0.1) is 11.3 Å². The van der Waals surface area contributed by atoms with Crippen LogP contribution in [-0.2, 0) is 11.8 Å². The summed E-state index contributed by atoms with van der Waals surface area (Å²) < 4.78 is 28.6. The van der Waals surface area contributed by atoms with Crippen LogP contribution >= 0.6 is 10.7 Å². The van der Waals surface area contributed by atoms with Crippen LogP contribution in [0.2, 0.25) is 0 Å². The molecule has 0 bridgehead atoms. The highest BCUT2D eigenvalue weighted by molar-refractivity contribution is 8.12. The van der Waals surface area contributed by atoms with Crippen molar-refractivity contribution in [3.63, 3.8) is 0 Å². The molecule has 2 atom stereocenters. The summed E-state index contributed by atoms with van der Waals surface area (Å²) >= 11 is 0. The molecule has 35 heavy (non-hydrogen) atoms. The van der Waals surface area contributed by atoms with Gasteiger partial charge in [0.05, 0.1) is 0 Å². The van der Waals surface area contributed by atoms with Gasteiger partial charge in [-0.1, -0.05) is 57.7 Å². The van der Waals surface area contributed by atoms with Gasteiger partial charge in [0.15, 0.2) is 0 Å². The highest BCUT2D eigenvalue weighted by Gasteiger charge is 2.43. The monoisotopic (exact) mass is 501 g/mol. The van der Waals surface area contributed by atoms with E-state index in [9.17, 15) is 8.78 Å². The SMILES string of the molecule is C=C(Nc1ccnc(S(=C)N)c1)c1cc2c(nc1N1CCC(F)(F)C(C)C1)CC(C)(C)CC2(C)C. The van der Waals surface area contributed by atoms with Crippen molar-refractivity contribution in [3.05, 3.63) is 47.8 Å². The third-order valence-corrected chi connectivity index (χ3v) is 7.99. The summed E-state index contributed by atoms with van der Waals surface area (Å²) in [4.78, 5) is 11.4. The van der Waals surface area contributed by atoms with Crippen molar-refractivity contribution in [2.45, 2.75) is 70.2 Å². The van der Waals surface area contributed by atoms with Gasteiger partial charge in [0.1, 0.15) is 10.8 Å². The molecule has 3 heterocycles. The maximum atomic E-state index is 14.3. The highest BCUT2D eigenvalue weighted by Crippen LogP contribution is 2.47. The first-order chi connectivity index (χ1) is 16.2. The highest BCUT2D eigenvalue weighted by atomic mass is 32.2. The van der Waals surface area contributed by atoms with Gasteiger partial charge in [0, 0.05) is 54.3 Å². The van der Waals surface area contributed by atoms with E-state index in [4.69, 9.17) is 10.1 Å². The second kappa shape index (κ2) is 8.96. The third kappa shape index (κ3) is 5.28. The molecule has 0 radical (unpaired) electrons. The predicted molar refractivity (Wildman–Crippen MR) is 144 cm³/mol. The lowest BCUT2D eigenvalue weighted by Crippen LogP contribution is -2.47. The van der Waals surface area contributed by atoms with Crippen LogP contribution in [0.25, 0.3) is 5.70 Å². The van der Waals surface area contributed by atoms with Gasteiger partial charge >= 0.3 is 0 Å². The van der Waals surface area contributed by atoms with E-state index in [2.05, 4.69) is 56.5 Å². The number of nitrogens with one attached hydrogen (secondary N) is 1. The second-order valence-electron chi connectivity index (χ2n) is 11.5. The lowest BCUT2D eigenvalue weighted by atomic mass is 9.64. The van der Waals surface area contributed by atoms with E-state index in [1.54, 1.807) is 13.1 Å². The Morgan fingerprint density at radius 3 is 2.63 bits per heavy atom. The summed E-state index contributed by atoms with van der Waals surface area (Å²) in [7, 11) is -0.710. The maximum absolute atomic E-state index is 14.3. The molecule has 1 aliphatic heterocycles. The van der Waals surface area contributed by atoms with Gasteiger partial charge in [-0.2, -0.15) is 0 Å².